The molecule has 21 heavy (non-hydrogen) atoms. The molecule has 0 unspecified atom stereocenters. The van der Waals surface area contributed by atoms with Crippen molar-refractivity contribution in [1.82, 2.24) is 15.3 Å². The van der Waals surface area contributed by atoms with E-state index in [2.05, 4.69) is 20.2 Å². The number of aromatic amines is 1. The summed E-state index contributed by atoms with van der Waals surface area (Å²) >= 11 is 6.11. The molecule has 0 bridgehead atoms. The van der Waals surface area contributed by atoms with Gasteiger partial charge in [0.25, 0.3) is 0 Å². The maximum atomic E-state index is 6.11. The summed E-state index contributed by atoms with van der Waals surface area (Å²) in [5.41, 5.74) is 1.06. The molecule has 1 aromatic carbocycles. The van der Waals surface area contributed by atoms with Crippen LogP contribution in [0.25, 0.3) is 0 Å². The zero-order valence-corrected chi connectivity index (χ0v) is 12.7. The second kappa shape index (κ2) is 6.37. The van der Waals surface area contributed by atoms with Gasteiger partial charge in [0, 0.05) is 36.5 Å². The lowest BCUT2D eigenvalue weighted by molar-refractivity contribution is 0.414. The number of ether oxygens (including phenoxy) is 1. The van der Waals surface area contributed by atoms with E-state index in [9.17, 15) is 0 Å². The Morgan fingerprint density at radius 2 is 2.43 bits per heavy atom. The first kappa shape index (κ1) is 14.2. The summed E-state index contributed by atoms with van der Waals surface area (Å²) in [6, 6.07) is 6.18. The van der Waals surface area contributed by atoms with Crippen LogP contribution >= 0.6 is 11.6 Å². The van der Waals surface area contributed by atoms with Crippen molar-refractivity contribution in [3.05, 3.63) is 41.4 Å². The molecule has 1 saturated heterocycles. The highest BCUT2D eigenvalue weighted by atomic mass is 35.5. The van der Waals surface area contributed by atoms with Crippen molar-refractivity contribution in [3.8, 4) is 5.75 Å². The summed E-state index contributed by atoms with van der Waals surface area (Å²) in [7, 11) is 1.69. The fourth-order valence-electron chi connectivity index (χ4n) is 2.69. The van der Waals surface area contributed by atoms with Crippen LogP contribution < -0.4 is 15.0 Å². The average Bonchev–Trinajstić information content (AvgIpc) is 3.16. The summed E-state index contributed by atoms with van der Waals surface area (Å²) in [5, 5.41) is 4.26. The molecule has 112 valence electrons. The Morgan fingerprint density at radius 1 is 1.52 bits per heavy atom. The van der Waals surface area contributed by atoms with E-state index in [4.69, 9.17) is 16.3 Å². The fourth-order valence-corrected chi connectivity index (χ4v) is 2.86. The molecular formula is C15H19ClN4O. The lowest BCUT2D eigenvalue weighted by Gasteiger charge is -2.21. The Morgan fingerprint density at radius 3 is 3.19 bits per heavy atom. The molecule has 0 radical (unpaired) electrons. The molecular weight excluding hydrogens is 288 g/mol. The Labute approximate surface area is 129 Å². The molecule has 1 atom stereocenters. The number of anilines is 1. The number of aromatic nitrogens is 2. The minimum absolute atomic E-state index is 0.443. The van der Waals surface area contributed by atoms with E-state index in [0.29, 0.717) is 6.04 Å². The van der Waals surface area contributed by atoms with Gasteiger partial charge < -0.3 is 19.9 Å². The third kappa shape index (κ3) is 3.31. The van der Waals surface area contributed by atoms with E-state index < -0.39 is 0 Å². The zero-order valence-electron chi connectivity index (χ0n) is 12.0. The number of imidazole rings is 1. The topological polar surface area (TPSA) is 53.2 Å². The number of hydrogen-bond donors (Lipinski definition) is 2. The minimum atomic E-state index is 0.443. The molecule has 6 heteroatoms. The van der Waals surface area contributed by atoms with Crippen molar-refractivity contribution in [1.29, 1.82) is 0 Å². The highest BCUT2D eigenvalue weighted by Gasteiger charge is 2.24. The molecule has 0 amide bonds. The molecule has 0 spiro atoms. The maximum absolute atomic E-state index is 6.11. The fraction of sp³-hybridized carbons (Fsp3) is 0.400. The van der Waals surface area contributed by atoms with Gasteiger partial charge in [0.2, 0.25) is 0 Å². The predicted molar refractivity (Wildman–Crippen MR) is 84.0 cm³/mol. The summed E-state index contributed by atoms with van der Waals surface area (Å²) < 4.78 is 5.43. The molecule has 2 heterocycles. The lowest BCUT2D eigenvalue weighted by Crippen LogP contribution is -2.32. The van der Waals surface area contributed by atoms with Crippen molar-refractivity contribution in [2.45, 2.75) is 19.0 Å². The third-order valence-electron chi connectivity index (χ3n) is 3.78. The van der Waals surface area contributed by atoms with E-state index in [1.807, 2.05) is 24.4 Å². The molecule has 0 saturated carbocycles. The lowest BCUT2D eigenvalue weighted by atomic mass is 10.2. The number of methoxy groups -OCH3 is 1. The molecule has 1 aliphatic rings. The van der Waals surface area contributed by atoms with Crippen LogP contribution in [0.15, 0.2) is 30.6 Å². The van der Waals surface area contributed by atoms with Crippen LogP contribution in [-0.2, 0) is 6.54 Å². The highest BCUT2D eigenvalue weighted by Crippen LogP contribution is 2.33. The van der Waals surface area contributed by atoms with Crippen molar-refractivity contribution < 1.29 is 4.74 Å². The second-order valence-corrected chi connectivity index (χ2v) is 5.60. The van der Waals surface area contributed by atoms with E-state index >= 15 is 0 Å². The van der Waals surface area contributed by atoms with Crippen molar-refractivity contribution in [2.24, 2.45) is 0 Å². The number of benzene rings is 1. The van der Waals surface area contributed by atoms with Gasteiger partial charge in [-0.3, -0.25) is 0 Å². The van der Waals surface area contributed by atoms with Gasteiger partial charge >= 0.3 is 0 Å². The van der Waals surface area contributed by atoms with E-state index in [0.717, 1.165) is 48.3 Å². The van der Waals surface area contributed by atoms with Crippen LogP contribution in [0.1, 0.15) is 12.2 Å². The molecule has 0 aliphatic carbocycles. The molecule has 3 rings (SSSR count). The summed E-state index contributed by atoms with van der Waals surface area (Å²) in [4.78, 5) is 9.64. The Kier molecular flexibility index (Phi) is 4.31. The van der Waals surface area contributed by atoms with Gasteiger partial charge in [0.1, 0.15) is 11.6 Å². The molecule has 1 aromatic heterocycles. The number of nitrogens with one attached hydrogen (secondary N) is 2. The summed E-state index contributed by atoms with van der Waals surface area (Å²) in [6.07, 6.45) is 4.71. The standard InChI is InChI=1S/C15H19ClN4O/c1-21-14-3-2-11(16)8-13(14)20-7-4-12(10-20)19-9-15-17-5-6-18-15/h2-3,5-6,8,12,19H,4,7,9-10H2,1H3,(H,17,18)/t12-/m0/s1. The number of nitrogens with zero attached hydrogens (tertiary/aromatic N) is 2. The predicted octanol–water partition coefficient (Wildman–Crippen LogP) is 2.44. The van der Waals surface area contributed by atoms with Crippen LogP contribution in [-0.4, -0.2) is 36.2 Å². The number of H-pyrrole nitrogens is 1. The Hall–Kier alpha value is -1.72. The smallest absolute Gasteiger partial charge is 0.142 e. The van der Waals surface area contributed by atoms with Gasteiger partial charge in [-0.25, -0.2) is 4.98 Å². The number of hydrogen-bond acceptors (Lipinski definition) is 4. The van der Waals surface area contributed by atoms with Gasteiger partial charge in [-0.15, -0.1) is 0 Å². The van der Waals surface area contributed by atoms with Gasteiger partial charge in [0.05, 0.1) is 19.3 Å². The first-order chi connectivity index (χ1) is 10.3. The zero-order chi connectivity index (χ0) is 14.7. The number of rotatable bonds is 5. The van der Waals surface area contributed by atoms with Gasteiger partial charge in [0.15, 0.2) is 0 Å². The first-order valence-electron chi connectivity index (χ1n) is 7.06. The Balaban J connectivity index is 1.62. The maximum Gasteiger partial charge on any atom is 0.142 e. The second-order valence-electron chi connectivity index (χ2n) is 5.16. The van der Waals surface area contributed by atoms with Crippen LogP contribution in [0.4, 0.5) is 5.69 Å². The third-order valence-corrected chi connectivity index (χ3v) is 4.02. The van der Waals surface area contributed by atoms with Crippen LogP contribution in [0.2, 0.25) is 5.02 Å². The molecule has 1 fully saturated rings. The van der Waals surface area contributed by atoms with Gasteiger partial charge in [-0.2, -0.15) is 0 Å². The van der Waals surface area contributed by atoms with Gasteiger partial charge in [-0.1, -0.05) is 11.6 Å². The van der Waals surface area contributed by atoms with Crippen molar-refractivity contribution >= 4 is 17.3 Å². The molecule has 2 N–H and O–H groups in total. The SMILES string of the molecule is COc1ccc(Cl)cc1N1CC[C@H](NCc2ncc[nH]2)C1. The molecule has 1 aliphatic heterocycles. The summed E-state index contributed by atoms with van der Waals surface area (Å²) in [6.45, 7) is 2.70. The monoisotopic (exact) mass is 306 g/mol. The van der Waals surface area contributed by atoms with Crippen LogP contribution in [0, 0.1) is 0 Å². The van der Waals surface area contributed by atoms with Crippen molar-refractivity contribution in [2.75, 3.05) is 25.1 Å². The summed E-state index contributed by atoms with van der Waals surface area (Å²) in [5.74, 6) is 1.83. The molecule has 2 aromatic rings. The highest BCUT2D eigenvalue weighted by molar-refractivity contribution is 6.30. The van der Waals surface area contributed by atoms with Crippen LogP contribution in [0.3, 0.4) is 0 Å². The van der Waals surface area contributed by atoms with E-state index in [1.165, 1.54) is 0 Å². The molecule has 5 nitrogen and oxygen atoms in total. The van der Waals surface area contributed by atoms with Crippen LogP contribution in [0.5, 0.6) is 5.75 Å². The van der Waals surface area contributed by atoms with E-state index in [1.54, 1.807) is 13.3 Å². The van der Waals surface area contributed by atoms with Crippen molar-refractivity contribution in [3.63, 3.8) is 0 Å². The number of halogens is 1. The van der Waals surface area contributed by atoms with Gasteiger partial charge in [-0.05, 0) is 24.6 Å². The average molecular weight is 307 g/mol. The normalized spacial score (nSPS) is 18.2. The largest absolute Gasteiger partial charge is 0.495 e. The Bertz CT molecular complexity index is 587. The minimum Gasteiger partial charge on any atom is -0.495 e. The quantitative estimate of drug-likeness (QED) is 0.891. The first-order valence-corrected chi connectivity index (χ1v) is 7.44. The van der Waals surface area contributed by atoms with E-state index in [-0.39, 0.29) is 0 Å².